The van der Waals surface area contributed by atoms with E-state index in [0.29, 0.717) is 5.92 Å². The topological polar surface area (TPSA) is 26.3 Å². The molecular weight excluding hydrogens is 176 g/mol. The Bertz CT molecular complexity index is 249. The molecule has 0 N–H and O–H groups in total. The SMILES string of the molecule is COC(=O)C1(Cl)CC2C=CC1C2. The van der Waals surface area contributed by atoms with Gasteiger partial charge >= 0.3 is 5.97 Å². The molecule has 3 unspecified atom stereocenters. The second-order valence-electron chi connectivity index (χ2n) is 3.55. The van der Waals surface area contributed by atoms with Gasteiger partial charge in [0, 0.05) is 5.92 Å². The summed E-state index contributed by atoms with van der Waals surface area (Å²) in [7, 11) is 1.39. The van der Waals surface area contributed by atoms with Crippen LogP contribution in [0.3, 0.4) is 0 Å². The van der Waals surface area contributed by atoms with Gasteiger partial charge < -0.3 is 4.74 Å². The molecule has 0 aromatic heterocycles. The van der Waals surface area contributed by atoms with Crippen LogP contribution in [-0.2, 0) is 9.53 Å². The second-order valence-corrected chi connectivity index (χ2v) is 4.22. The molecule has 66 valence electrons. The molecule has 0 aromatic rings. The van der Waals surface area contributed by atoms with Crippen LogP contribution >= 0.6 is 11.6 Å². The van der Waals surface area contributed by atoms with E-state index in [-0.39, 0.29) is 11.9 Å². The van der Waals surface area contributed by atoms with Crippen molar-refractivity contribution in [3.63, 3.8) is 0 Å². The van der Waals surface area contributed by atoms with E-state index in [2.05, 4.69) is 10.8 Å². The zero-order chi connectivity index (χ0) is 8.77. The second kappa shape index (κ2) is 2.49. The van der Waals surface area contributed by atoms with Crippen molar-refractivity contribution >= 4 is 17.6 Å². The summed E-state index contributed by atoms with van der Waals surface area (Å²) in [4.78, 5) is 10.6. The average Bonchev–Trinajstić information content (AvgIpc) is 2.62. The van der Waals surface area contributed by atoms with Crippen molar-refractivity contribution in [3.05, 3.63) is 12.2 Å². The van der Waals surface area contributed by atoms with E-state index in [4.69, 9.17) is 11.6 Å². The molecule has 12 heavy (non-hydrogen) atoms. The van der Waals surface area contributed by atoms with Crippen LogP contribution in [-0.4, -0.2) is 18.0 Å². The predicted octanol–water partition coefficient (Wildman–Crippen LogP) is 1.73. The summed E-state index contributed by atoms with van der Waals surface area (Å²) >= 11 is 6.19. The van der Waals surface area contributed by atoms with Crippen LogP contribution in [0.1, 0.15) is 12.8 Å². The normalized spacial score (nSPS) is 43.5. The van der Waals surface area contributed by atoms with Gasteiger partial charge in [-0.05, 0) is 18.8 Å². The Labute approximate surface area is 76.5 Å². The zero-order valence-corrected chi connectivity index (χ0v) is 7.67. The quantitative estimate of drug-likeness (QED) is 0.354. The summed E-state index contributed by atoms with van der Waals surface area (Å²) in [6, 6.07) is 0. The maximum Gasteiger partial charge on any atom is 0.327 e. The maximum absolute atomic E-state index is 11.3. The van der Waals surface area contributed by atoms with Gasteiger partial charge in [-0.2, -0.15) is 0 Å². The van der Waals surface area contributed by atoms with Gasteiger partial charge in [-0.25, -0.2) is 0 Å². The summed E-state index contributed by atoms with van der Waals surface area (Å²) in [6.07, 6.45) is 5.94. The minimum absolute atomic E-state index is 0.191. The molecule has 0 aliphatic heterocycles. The molecule has 0 radical (unpaired) electrons. The van der Waals surface area contributed by atoms with Gasteiger partial charge in [0.1, 0.15) is 4.87 Å². The van der Waals surface area contributed by atoms with Crippen molar-refractivity contribution < 1.29 is 9.53 Å². The molecule has 0 aromatic carbocycles. The molecule has 0 saturated heterocycles. The van der Waals surface area contributed by atoms with Crippen molar-refractivity contribution in [1.29, 1.82) is 0 Å². The standard InChI is InChI=1S/C9H11ClO2/c1-12-8(11)9(10)5-6-2-3-7(9)4-6/h2-3,6-7H,4-5H2,1H3. The lowest BCUT2D eigenvalue weighted by molar-refractivity contribution is -0.144. The molecule has 2 aliphatic carbocycles. The lowest BCUT2D eigenvalue weighted by Gasteiger charge is -2.25. The molecule has 0 heterocycles. The number of carbonyl (C=O) groups is 1. The van der Waals surface area contributed by atoms with E-state index < -0.39 is 4.87 Å². The first-order chi connectivity index (χ1) is 5.66. The molecule has 2 rings (SSSR count). The number of halogens is 1. The zero-order valence-electron chi connectivity index (χ0n) is 6.92. The van der Waals surface area contributed by atoms with Crippen LogP contribution in [0.2, 0.25) is 0 Å². The third kappa shape index (κ3) is 0.908. The van der Waals surface area contributed by atoms with E-state index >= 15 is 0 Å². The number of rotatable bonds is 1. The number of ether oxygens (including phenoxy) is 1. The summed E-state index contributed by atoms with van der Waals surface area (Å²) in [5.74, 6) is 0.407. The number of fused-ring (bicyclic) bond motifs is 2. The highest BCUT2D eigenvalue weighted by Gasteiger charge is 2.53. The van der Waals surface area contributed by atoms with Crippen LogP contribution in [0, 0.1) is 11.8 Å². The molecule has 1 fully saturated rings. The van der Waals surface area contributed by atoms with E-state index in [1.807, 2.05) is 6.08 Å². The average molecular weight is 187 g/mol. The van der Waals surface area contributed by atoms with Crippen LogP contribution in [0.25, 0.3) is 0 Å². The molecule has 1 saturated carbocycles. The fraction of sp³-hybridized carbons (Fsp3) is 0.667. The molecule has 2 aliphatic rings. The van der Waals surface area contributed by atoms with Crippen LogP contribution in [0.4, 0.5) is 0 Å². The molecular formula is C9H11ClO2. The first-order valence-corrected chi connectivity index (χ1v) is 4.50. The summed E-state index contributed by atoms with van der Waals surface area (Å²) < 4.78 is 4.69. The van der Waals surface area contributed by atoms with Gasteiger partial charge in [0.15, 0.2) is 0 Å². The predicted molar refractivity (Wildman–Crippen MR) is 46.0 cm³/mol. The molecule has 0 spiro atoms. The van der Waals surface area contributed by atoms with Crippen LogP contribution < -0.4 is 0 Å². The number of carbonyl (C=O) groups excluding carboxylic acids is 1. The lowest BCUT2D eigenvalue weighted by Crippen LogP contribution is -2.37. The Morgan fingerprint density at radius 2 is 2.42 bits per heavy atom. The fourth-order valence-corrected chi connectivity index (χ4v) is 2.64. The van der Waals surface area contributed by atoms with E-state index in [1.165, 1.54) is 7.11 Å². The largest absolute Gasteiger partial charge is 0.468 e. The number of alkyl halides is 1. The molecule has 0 amide bonds. The van der Waals surface area contributed by atoms with Crippen molar-refractivity contribution in [2.75, 3.05) is 7.11 Å². The van der Waals surface area contributed by atoms with Crippen molar-refractivity contribution in [2.45, 2.75) is 17.7 Å². The summed E-state index contributed by atoms with van der Waals surface area (Å²) in [5, 5.41) is 0. The van der Waals surface area contributed by atoms with E-state index in [9.17, 15) is 4.79 Å². The Balaban J connectivity index is 2.23. The van der Waals surface area contributed by atoms with Crippen molar-refractivity contribution in [3.8, 4) is 0 Å². The third-order valence-corrected chi connectivity index (χ3v) is 3.43. The van der Waals surface area contributed by atoms with Gasteiger partial charge in [0.05, 0.1) is 7.11 Å². The maximum atomic E-state index is 11.3. The van der Waals surface area contributed by atoms with Crippen LogP contribution in [0.5, 0.6) is 0 Å². The summed E-state index contributed by atoms with van der Waals surface area (Å²) in [5.41, 5.74) is 0. The number of esters is 1. The summed E-state index contributed by atoms with van der Waals surface area (Å²) in [6.45, 7) is 0. The first kappa shape index (κ1) is 8.11. The number of hydrogen-bond donors (Lipinski definition) is 0. The van der Waals surface area contributed by atoms with Gasteiger partial charge in [0.2, 0.25) is 0 Å². The highest BCUT2D eigenvalue weighted by Crippen LogP contribution is 2.50. The Kier molecular flexibility index (Phi) is 1.69. The van der Waals surface area contributed by atoms with E-state index in [1.54, 1.807) is 0 Å². The minimum Gasteiger partial charge on any atom is -0.468 e. The first-order valence-electron chi connectivity index (χ1n) is 4.12. The highest BCUT2D eigenvalue weighted by atomic mass is 35.5. The Morgan fingerprint density at radius 1 is 1.67 bits per heavy atom. The van der Waals surface area contributed by atoms with Crippen molar-refractivity contribution in [1.82, 2.24) is 0 Å². The van der Waals surface area contributed by atoms with E-state index in [0.717, 1.165) is 12.8 Å². The van der Waals surface area contributed by atoms with Crippen LogP contribution in [0.15, 0.2) is 12.2 Å². The third-order valence-electron chi connectivity index (χ3n) is 2.84. The highest BCUT2D eigenvalue weighted by molar-refractivity contribution is 6.34. The monoisotopic (exact) mass is 186 g/mol. The van der Waals surface area contributed by atoms with Gasteiger partial charge in [-0.1, -0.05) is 12.2 Å². The smallest absolute Gasteiger partial charge is 0.327 e. The van der Waals surface area contributed by atoms with Gasteiger partial charge in [-0.15, -0.1) is 11.6 Å². The molecule has 2 bridgehead atoms. The fourth-order valence-electron chi connectivity index (χ4n) is 2.20. The van der Waals surface area contributed by atoms with Crippen molar-refractivity contribution in [2.24, 2.45) is 11.8 Å². The Hall–Kier alpha value is -0.500. The minimum atomic E-state index is -0.756. The number of methoxy groups -OCH3 is 1. The molecule has 2 nitrogen and oxygen atoms in total. The Morgan fingerprint density at radius 3 is 2.83 bits per heavy atom. The van der Waals surface area contributed by atoms with Gasteiger partial charge in [0.25, 0.3) is 0 Å². The molecule has 3 heteroatoms. The van der Waals surface area contributed by atoms with Gasteiger partial charge in [-0.3, -0.25) is 4.79 Å². The number of allylic oxidation sites excluding steroid dienone is 2. The number of hydrogen-bond acceptors (Lipinski definition) is 2. The molecule has 3 atom stereocenters. The lowest BCUT2D eigenvalue weighted by atomic mass is 9.93.